The van der Waals surface area contributed by atoms with Gasteiger partial charge in [0.05, 0.1) is 17.1 Å². The van der Waals surface area contributed by atoms with Gasteiger partial charge in [0.25, 0.3) is 0 Å². The highest BCUT2D eigenvalue weighted by atomic mass is 16.3. The van der Waals surface area contributed by atoms with E-state index >= 15 is 0 Å². The maximum atomic E-state index is 10.8. The molecule has 0 aliphatic carbocycles. The number of anilines is 1. The Balaban J connectivity index is 1.65. The van der Waals surface area contributed by atoms with E-state index in [1.807, 2.05) is 54.6 Å². The minimum absolute atomic E-state index is 0.463. The Morgan fingerprint density at radius 1 is 1.00 bits per heavy atom. The van der Waals surface area contributed by atoms with Crippen molar-refractivity contribution in [3.8, 4) is 6.07 Å². The predicted octanol–water partition coefficient (Wildman–Crippen LogP) is 2.10. The van der Waals surface area contributed by atoms with Crippen LogP contribution in [0.15, 0.2) is 54.6 Å². The van der Waals surface area contributed by atoms with Crippen LogP contribution in [0.2, 0.25) is 0 Å². The summed E-state index contributed by atoms with van der Waals surface area (Å²) < 4.78 is 0. The number of likely N-dealkylation sites (N-methyl/N-ethyl adjacent to an activating group) is 1. The molecule has 1 aromatic heterocycles. The van der Waals surface area contributed by atoms with Crippen LogP contribution in [0.3, 0.4) is 0 Å². The van der Waals surface area contributed by atoms with Crippen LogP contribution in [0.4, 0.5) is 5.82 Å². The number of hydrogen-bond acceptors (Lipinski definition) is 7. The second-order valence-electron chi connectivity index (χ2n) is 7.63. The second-order valence-corrected chi connectivity index (χ2v) is 7.63. The monoisotopic (exact) mass is 402 g/mol. The molecule has 0 bridgehead atoms. The topological polar surface area (TPSA) is 88.3 Å². The number of aromatic nitrogens is 2. The standard InChI is InChI=1S/C23H26N6O/c1-28-11-13-29(14-12-28)22-21(26-19-9-5-6-10-20(19)27-22)18(15-24)23(30)25-16-17-7-3-2-4-8-17/h2-10,18,23,25,30H,11-14,16H2,1H3. The van der Waals surface area contributed by atoms with Crippen molar-refractivity contribution in [3.05, 3.63) is 65.9 Å². The fourth-order valence-electron chi connectivity index (χ4n) is 3.68. The molecule has 7 heteroatoms. The number of aliphatic hydroxyl groups excluding tert-OH is 1. The van der Waals surface area contributed by atoms with Crippen molar-refractivity contribution in [1.29, 1.82) is 5.26 Å². The molecule has 0 saturated carbocycles. The van der Waals surface area contributed by atoms with Crippen molar-refractivity contribution < 1.29 is 5.11 Å². The van der Waals surface area contributed by atoms with Crippen LogP contribution < -0.4 is 10.2 Å². The van der Waals surface area contributed by atoms with Crippen molar-refractivity contribution in [2.45, 2.75) is 18.7 Å². The average molecular weight is 403 g/mol. The Morgan fingerprint density at radius 3 is 2.30 bits per heavy atom. The summed E-state index contributed by atoms with van der Waals surface area (Å²) in [6.07, 6.45) is -1.06. The van der Waals surface area contributed by atoms with E-state index in [9.17, 15) is 10.4 Å². The van der Waals surface area contributed by atoms with E-state index in [-0.39, 0.29) is 0 Å². The molecule has 7 nitrogen and oxygen atoms in total. The fraction of sp³-hybridized carbons (Fsp3) is 0.348. The van der Waals surface area contributed by atoms with Gasteiger partial charge in [-0.05, 0) is 24.7 Å². The third-order valence-electron chi connectivity index (χ3n) is 5.49. The van der Waals surface area contributed by atoms with Gasteiger partial charge in [-0.1, -0.05) is 42.5 Å². The Morgan fingerprint density at radius 2 is 1.63 bits per heavy atom. The SMILES string of the molecule is CN1CCN(c2nc3ccccc3nc2C(C#N)C(O)NCc2ccccc2)CC1. The molecular formula is C23H26N6O. The minimum atomic E-state index is -1.06. The number of fused-ring (bicyclic) bond motifs is 1. The van der Waals surface area contributed by atoms with Crippen molar-refractivity contribution in [3.63, 3.8) is 0 Å². The van der Waals surface area contributed by atoms with Crippen LogP contribution in [0, 0.1) is 11.3 Å². The van der Waals surface area contributed by atoms with Gasteiger partial charge in [0.1, 0.15) is 17.8 Å². The summed E-state index contributed by atoms with van der Waals surface area (Å²) in [5, 5.41) is 23.8. The van der Waals surface area contributed by atoms with Crippen LogP contribution in [0.1, 0.15) is 17.2 Å². The molecule has 2 atom stereocenters. The number of nitriles is 1. The highest BCUT2D eigenvalue weighted by molar-refractivity contribution is 5.77. The van der Waals surface area contributed by atoms with Gasteiger partial charge in [0.15, 0.2) is 5.82 Å². The third-order valence-corrected chi connectivity index (χ3v) is 5.49. The van der Waals surface area contributed by atoms with E-state index in [2.05, 4.69) is 28.2 Å². The van der Waals surface area contributed by atoms with Crippen molar-refractivity contribution in [1.82, 2.24) is 20.2 Å². The summed E-state index contributed by atoms with van der Waals surface area (Å²) in [4.78, 5) is 14.1. The zero-order valence-corrected chi connectivity index (χ0v) is 17.1. The van der Waals surface area contributed by atoms with E-state index in [1.165, 1.54) is 0 Å². The number of nitrogens with zero attached hydrogens (tertiary/aromatic N) is 5. The van der Waals surface area contributed by atoms with Crippen molar-refractivity contribution >= 4 is 16.9 Å². The number of para-hydroxylation sites is 2. The van der Waals surface area contributed by atoms with Crippen LogP contribution in [0.25, 0.3) is 11.0 Å². The molecule has 1 fully saturated rings. The zero-order chi connectivity index (χ0) is 20.9. The summed E-state index contributed by atoms with van der Waals surface area (Å²) >= 11 is 0. The van der Waals surface area contributed by atoms with E-state index in [4.69, 9.17) is 9.97 Å². The molecule has 4 rings (SSSR count). The predicted molar refractivity (Wildman–Crippen MR) is 117 cm³/mol. The number of hydrogen-bond donors (Lipinski definition) is 2. The summed E-state index contributed by atoms with van der Waals surface area (Å²) in [7, 11) is 2.10. The van der Waals surface area contributed by atoms with Gasteiger partial charge in [0.2, 0.25) is 0 Å². The number of rotatable bonds is 6. The second kappa shape index (κ2) is 9.18. The number of nitrogens with one attached hydrogen (secondary N) is 1. The van der Waals surface area contributed by atoms with Crippen LogP contribution in [-0.4, -0.2) is 59.4 Å². The van der Waals surface area contributed by atoms with Gasteiger partial charge in [-0.3, -0.25) is 5.32 Å². The lowest BCUT2D eigenvalue weighted by Gasteiger charge is -2.34. The van der Waals surface area contributed by atoms with Gasteiger partial charge >= 0.3 is 0 Å². The summed E-state index contributed by atoms with van der Waals surface area (Å²) in [5.74, 6) is -0.144. The average Bonchev–Trinajstić information content (AvgIpc) is 2.79. The zero-order valence-electron chi connectivity index (χ0n) is 17.1. The number of aliphatic hydroxyl groups is 1. The van der Waals surface area contributed by atoms with Crippen LogP contribution >= 0.6 is 0 Å². The molecule has 2 heterocycles. The van der Waals surface area contributed by atoms with E-state index in [0.717, 1.165) is 42.8 Å². The van der Waals surface area contributed by atoms with Crippen molar-refractivity contribution in [2.24, 2.45) is 0 Å². The summed E-state index contributed by atoms with van der Waals surface area (Å²) in [5.41, 5.74) is 3.07. The first kappa shape index (κ1) is 20.2. The van der Waals surface area contributed by atoms with Gasteiger partial charge in [-0.25, -0.2) is 9.97 Å². The highest BCUT2D eigenvalue weighted by Gasteiger charge is 2.29. The Hall–Kier alpha value is -3.05. The van der Waals surface area contributed by atoms with Crippen LogP contribution in [-0.2, 0) is 6.54 Å². The minimum Gasteiger partial charge on any atom is -0.377 e. The van der Waals surface area contributed by atoms with Gasteiger partial charge in [-0.15, -0.1) is 0 Å². The van der Waals surface area contributed by atoms with Gasteiger partial charge < -0.3 is 14.9 Å². The largest absolute Gasteiger partial charge is 0.377 e. The molecule has 0 spiro atoms. The summed E-state index contributed by atoms with van der Waals surface area (Å²) in [6.45, 7) is 3.91. The molecule has 30 heavy (non-hydrogen) atoms. The first-order valence-corrected chi connectivity index (χ1v) is 10.2. The van der Waals surface area contributed by atoms with E-state index < -0.39 is 12.1 Å². The lowest BCUT2D eigenvalue weighted by Crippen LogP contribution is -2.45. The highest BCUT2D eigenvalue weighted by Crippen LogP contribution is 2.29. The fourth-order valence-corrected chi connectivity index (χ4v) is 3.68. The molecule has 154 valence electrons. The molecule has 3 aromatic rings. The van der Waals surface area contributed by atoms with E-state index in [0.29, 0.717) is 18.1 Å². The molecule has 2 aromatic carbocycles. The quantitative estimate of drug-likeness (QED) is 0.611. The molecule has 2 unspecified atom stereocenters. The molecule has 1 aliphatic rings. The van der Waals surface area contributed by atoms with Crippen LogP contribution in [0.5, 0.6) is 0 Å². The summed E-state index contributed by atoms with van der Waals surface area (Å²) in [6, 6.07) is 19.7. The normalized spacial score (nSPS) is 16.9. The molecular weight excluding hydrogens is 376 g/mol. The lowest BCUT2D eigenvalue weighted by molar-refractivity contribution is 0.121. The maximum absolute atomic E-state index is 10.8. The third kappa shape index (κ3) is 4.41. The molecule has 2 N–H and O–H groups in total. The Kier molecular flexibility index (Phi) is 6.19. The molecule has 1 saturated heterocycles. The van der Waals surface area contributed by atoms with Gasteiger partial charge in [0, 0.05) is 32.7 Å². The maximum Gasteiger partial charge on any atom is 0.152 e. The Bertz CT molecular complexity index is 1030. The Labute approximate surface area is 176 Å². The number of piperazine rings is 1. The van der Waals surface area contributed by atoms with E-state index in [1.54, 1.807) is 0 Å². The first-order valence-electron chi connectivity index (χ1n) is 10.2. The molecule has 0 radical (unpaired) electrons. The number of benzene rings is 2. The molecule has 1 aliphatic heterocycles. The van der Waals surface area contributed by atoms with Crippen molar-refractivity contribution in [2.75, 3.05) is 38.1 Å². The molecule has 0 amide bonds. The first-order chi connectivity index (χ1) is 14.7. The lowest BCUT2D eigenvalue weighted by atomic mass is 10.0. The smallest absolute Gasteiger partial charge is 0.152 e. The van der Waals surface area contributed by atoms with Gasteiger partial charge in [-0.2, -0.15) is 5.26 Å².